The number of aromatic nitrogens is 1. The molecule has 1 aromatic heterocycles. The molecule has 0 aliphatic carbocycles. The molecular formula is C10H12BrN3O2. The van der Waals surface area contributed by atoms with Gasteiger partial charge in [0.2, 0.25) is 5.91 Å². The maximum atomic E-state index is 11.8. The third-order valence-electron chi connectivity index (χ3n) is 1.92. The van der Waals surface area contributed by atoms with E-state index in [9.17, 15) is 9.59 Å². The lowest BCUT2D eigenvalue weighted by Crippen LogP contribution is -2.44. The topological polar surface area (TPSA) is 76.3 Å². The van der Waals surface area contributed by atoms with Crippen molar-refractivity contribution in [3.05, 3.63) is 28.5 Å². The normalized spacial score (nSPS) is 10.3. The highest BCUT2D eigenvalue weighted by atomic mass is 79.9. The van der Waals surface area contributed by atoms with Crippen LogP contribution in [0.3, 0.4) is 0 Å². The Morgan fingerprint density at radius 1 is 1.50 bits per heavy atom. The SMILES string of the molecule is CC(C)C(=O)N(N)C(=O)c1ccnc(Br)c1. The van der Waals surface area contributed by atoms with E-state index in [4.69, 9.17) is 5.84 Å². The van der Waals surface area contributed by atoms with Gasteiger partial charge in [-0.3, -0.25) is 9.59 Å². The molecule has 0 fully saturated rings. The van der Waals surface area contributed by atoms with Crippen LogP contribution in [0.1, 0.15) is 24.2 Å². The number of hydrazine groups is 1. The summed E-state index contributed by atoms with van der Waals surface area (Å²) in [5.41, 5.74) is 0.318. The molecule has 0 spiro atoms. The third-order valence-corrected chi connectivity index (χ3v) is 2.36. The number of amides is 2. The van der Waals surface area contributed by atoms with Crippen LogP contribution in [0, 0.1) is 5.92 Å². The summed E-state index contributed by atoms with van der Waals surface area (Å²) >= 11 is 3.14. The molecule has 1 aromatic rings. The highest BCUT2D eigenvalue weighted by Crippen LogP contribution is 2.10. The van der Waals surface area contributed by atoms with Gasteiger partial charge in [0, 0.05) is 17.7 Å². The van der Waals surface area contributed by atoms with Crippen molar-refractivity contribution in [2.45, 2.75) is 13.8 Å². The Kier molecular flexibility index (Phi) is 4.14. The van der Waals surface area contributed by atoms with Crippen molar-refractivity contribution in [3.8, 4) is 0 Å². The smallest absolute Gasteiger partial charge is 0.273 e. The molecule has 1 heterocycles. The van der Waals surface area contributed by atoms with Crippen LogP contribution in [0.4, 0.5) is 0 Å². The molecule has 0 saturated heterocycles. The monoisotopic (exact) mass is 285 g/mol. The number of pyridine rings is 1. The predicted molar refractivity (Wildman–Crippen MR) is 62.1 cm³/mol. The van der Waals surface area contributed by atoms with E-state index in [1.54, 1.807) is 13.8 Å². The van der Waals surface area contributed by atoms with Gasteiger partial charge in [0.1, 0.15) is 4.60 Å². The average Bonchev–Trinajstić information content (AvgIpc) is 2.26. The molecule has 86 valence electrons. The van der Waals surface area contributed by atoms with Crippen molar-refractivity contribution >= 4 is 27.7 Å². The lowest BCUT2D eigenvalue weighted by Gasteiger charge is -2.16. The largest absolute Gasteiger partial charge is 0.275 e. The van der Waals surface area contributed by atoms with Gasteiger partial charge in [-0.25, -0.2) is 15.8 Å². The minimum absolute atomic E-state index is 0.318. The van der Waals surface area contributed by atoms with Gasteiger partial charge in [-0.1, -0.05) is 13.8 Å². The van der Waals surface area contributed by atoms with Crippen molar-refractivity contribution in [2.24, 2.45) is 11.8 Å². The first-order valence-corrected chi connectivity index (χ1v) is 5.47. The molecule has 0 saturated carbocycles. The lowest BCUT2D eigenvalue weighted by atomic mass is 10.2. The quantitative estimate of drug-likeness (QED) is 0.385. The van der Waals surface area contributed by atoms with Gasteiger partial charge >= 0.3 is 0 Å². The Morgan fingerprint density at radius 3 is 2.62 bits per heavy atom. The summed E-state index contributed by atoms with van der Waals surface area (Å²) in [6, 6.07) is 3.01. The number of halogens is 1. The molecule has 6 heteroatoms. The van der Waals surface area contributed by atoms with Crippen molar-refractivity contribution in [2.75, 3.05) is 0 Å². The van der Waals surface area contributed by atoms with E-state index in [-0.39, 0.29) is 5.92 Å². The van der Waals surface area contributed by atoms with Crippen LogP contribution < -0.4 is 5.84 Å². The Bertz CT molecular complexity index is 420. The van der Waals surface area contributed by atoms with Crippen LogP contribution in [-0.2, 0) is 4.79 Å². The van der Waals surface area contributed by atoms with Crippen molar-refractivity contribution in [1.82, 2.24) is 9.99 Å². The van der Waals surface area contributed by atoms with Crippen LogP contribution in [0.25, 0.3) is 0 Å². The summed E-state index contributed by atoms with van der Waals surface area (Å²) in [6.07, 6.45) is 1.46. The van der Waals surface area contributed by atoms with Gasteiger partial charge in [-0.2, -0.15) is 0 Å². The zero-order valence-corrected chi connectivity index (χ0v) is 10.6. The average molecular weight is 286 g/mol. The second-order valence-electron chi connectivity index (χ2n) is 3.54. The first-order valence-electron chi connectivity index (χ1n) is 4.68. The molecule has 2 N–H and O–H groups in total. The Hall–Kier alpha value is -1.27. The third kappa shape index (κ3) is 2.86. The Labute approximate surface area is 102 Å². The summed E-state index contributed by atoms with van der Waals surface area (Å²) in [5.74, 6) is 4.16. The molecule has 5 nitrogen and oxygen atoms in total. The van der Waals surface area contributed by atoms with E-state index in [1.807, 2.05) is 0 Å². The molecule has 0 atom stereocenters. The molecule has 16 heavy (non-hydrogen) atoms. The maximum absolute atomic E-state index is 11.8. The summed E-state index contributed by atoms with van der Waals surface area (Å²) < 4.78 is 0.517. The second-order valence-corrected chi connectivity index (χ2v) is 4.35. The van der Waals surface area contributed by atoms with Gasteiger partial charge in [0.25, 0.3) is 5.91 Å². The van der Waals surface area contributed by atoms with Gasteiger partial charge in [-0.05, 0) is 28.1 Å². The van der Waals surface area contributed by atoms with Crippen LogP contribution in [0.15, 0.2) is 22.9 Å². The highest BCUT2D eigenvalue weighted by molar-refractivity contribution is 9.10. The van der Waals surface area contributed by atoms with E-state index in [1.165, 1.54) is 18.3 Å². The van der Waals surface area contributed by atoms with Crippen LogP contribution >= 0.6 is 15.9 Å². The van der Waals surface area contributed by atoms with Gasteiger partial charge in [-0.15, -0.1) is 0 Å². The fourth-order valence-electron chi connectivity index (χ4n) is 1.05. The Morgan fingerprint density at radius 2 is 2.12 bits per heavy atom. The summed E-state index contributed by atoms with van der Waals surface area (Å²) in [4.78, 5) is 27.2. The van der Waals surface area contributed by atoms with Crippen molar-refractivity contribution in [1.29, 1.82) is 0 Å². The number of hydrogen-bond acceptors (Lipinski definition) is 4. The van der Waals surface area contributed by atoms with Crippen LogP contribution in [0.5, 0.6) is 0 Å². The summed E-state index contributed by atoms with van der Waals surface area (Å²) in [6.45, 7) is 3.36. The lowest BCUT2D eigenvalue weighted by molar-refractivity contribution is -0.132. The number of nitrogens with two attached hydrogens (primary N) is 1. The van der Waals surface area contributed by atoms with E-state index < -0.39 is 11.8 Å². The number of imide groups is 1. The molecule has 1 rings (SSSR count). The van der Waals surface area contributed by atoms with Gasteiger partial charge in [0.15, 0.2) is 0 Å². The fraction of sp³-hybridized carbons (Fsp3) is 0.300. The van der Waals surface area contributed by atoms with Crippen molar-refractivity contribution < 1.29 is 9.59 Å². The van der Waals surface area contributed by atoms with E-state index in [2.05, 4.69) is 20.9 Å². The Balaban J connectivity index is 2.90. The number of nitrogens with zero attached hydrogens (tertiary/aromatic N) is 2. The standard InChI is InChI=1S/C10H12BrN3O2/c1-6(2)9(15)14(12)10(16)7-3-4-13-8(11)5-7/h3-6H,12H2,1-2H3. The molecular weight excluding hydrogens is 274 g/mol. The predicted octanol–water partition coefficient (Wildman–Crippen LogP) is 1.34. The van der Waals surface area contributed by atoms with Crippen LogP contribution in [0.2, 0.25) is 0 Å². The number of carbonyl (C=O) groups is 2. The summed E-state index contributed by atoms with van der Waals surface area (Å²) in [5, 5.41) is 0.631. The molecule has 0 unspecified atom stereocenters. The molecule has 0 bridgehead atoms. The maximum Gasteiger partial charge on any atom is 0.275 e. The molecule has 2 amide bonds. The summed E-state index contributed by atoms with van der Waals surface area (Å²) in [7, 11) is 0. The highest BCUT2D eigenvalue weighted by Gasteiger charge is 2.21. The van der Waals surface area contributed by atoms with E-state index in [0.717, 1.165) is 0 Å². The minimum atomic E-state index is -0.540. The number of rotatable bonds is 2. The molecule has 0 radical (unpaired) electrons. The van der Waals surface area contributed by atoms with Gasteiger partial charge < -0.3 is 0 Å². The van der Waals surface area contributed by atoms with Crippen molar-refractivity contribution in [3.63, 3.8) is 0 Å². The first kappa shape index (κ1) is 12.8. The fourth-order valence-corrected chi connectivity index (χ4v) is 1.42. The second kappa shape index (κ2) is 5.18. The number of carbonyl (C=O) groups excluding carboxylic acids is 2. The van der Waals surface area contributed by atoms with Crippen LogP contribution in [-0.4, -0.2) is 21.8 Å². The molecule has 0 aliphatic heterocycles. The van der Waals surface area contributed by atoms with E-state index in [0.29, 0.717) is 15.2 Å². The zero-order valence-electron chi connectivity index (χ0n) is 8.98. The minimum Gasteiger partial charge on any atom is -0.273 e. The van der Waals surface area contributed by atoms with Gasteiger partial charge in [0.05, 0.1) is 0 Å². The molecule has 0 aliphatic rings. The first-order chi connectivity index (χ1) is 7.43. The zero-order chi connectivity index (χ0) is 12.3. The molecule has 0 aromatic carbocycles. The van der Waals surface area contributed by atoms with E-state index >= 15 is 0 Å². The number of hydrogen-bond donors (Lipinski definition) is 1.